The zero-order chi connectivity index (χ0) is 32.2. The molecule has 0 aliphatic rings. The molecule has 0 heterocycles. The van der Waals surface area contributed by atoms with Gasteiger partial charge in [0.15, 0.2) is 0 Å². The van der Waals surface area contributed by atoms with Crippen LogP contribution in [0.25, 0.3) is 0 Å². The number of benzene rings is 4. The predicted octanol–water partition coefficient (Wildman–Crippen LogP) is 8.46. The van der Waals surface area contributed by atoms with E-state index in [0.29, 0.717) is 11.6 Å². The van der Waals surface area contributed by atoms with Gasteiger partial charge in [0.1, 0.15) is 11.5 Å². The van der Waals surface area contributed by atoms with Gasteiger partial charge in [-0.05, 0) is 65.6 Å². The highest BCUT2D eigenvalue weighted by molar-refractivity contribution is 5.94. The minimum atomic E-state index is -5.07. The molecular formula is C31H22F9NO3. The molecule has 0 spiro atoms. The molecule has 4 aromatic rings. The number of hydrogen-bond donors (Lipinski definition) is 1. The molecule has 0 saturated carbocycles. The Bertz CT molecular complexity index is 1520. The van der Waals surface area contributed by atoms with E-state index >= 15 is 0 Å². The minimum absolute atomic E-state index is 0.0817. The van der Waals surface area contributed by atoms with E-state index in [1.54, 1.807) is 30.3 Å². The van der Waals surface area contributed by atoms with Crippen molar-refractivity contribution in [2.75, 3.05) is 6.54 Å². The van der Waals surface area contributed by atoms with Gasteiger partial charge in [-0.25, -0.2) is 0 Å². The first-order valence-electron chi connectivity index (χ1n) is 12.8. The number of rotatable bonds is 9. The average molecular weight is 628 g/mol. The molecule has 0 unspecified atom stereocenters. The first-order chi connectivity index (χ1) is 20.5. The van der Waals surface area contributed by atoms with Crippen molar-refractivity contribution in [2.45, 2.75) is 30.7 Å². The van der Waals surface area contributed by atoms with E-state index in [9.17, 15) is 44.3 Å². The molecule has 0 aliphatic heterocycles. The van der Waals surface area contributed by atoms with Gasteiger partial charge in [-0.2, -0.15) is 13.2 Å². The molecule has 4 nitrogen and oxygen atoms in total. The van der Waals surface area contributed by atoms with Gasteiger partial charge in [-0.15, -0.1) is 26.3 Å². The van der Waals surface area contributed by atoms with E-state index in [4.69, 9.17) is 0 Å². The summed E-state index contributed by atoms with van der Waals surface area (Å²) in [5.74, 6) is -2.24. The van der Waals surface area contributed by atoms with E-state index in [1.165, 1.54) is 24.3 Å². The highest BCUT2D eigenvalue weighted by atomic mass is 19.4. The second kappa shape index (κ2) is 12.5. The van der Waals surface area contributed by atoms with Crippen LogP contribution in [0.3, 0.4) is 0 Å². The highest BCUT2D eigenvalue weighted by Gasteiger charge is 2.39. The van der Waals surface area contributed by atoms with Gasteiger partial charge in [0.05, 0.1) is 5.56 Å². The standard InChI is InChI=1S/C31H22F9NO3/c32-29(33,34)24-12-4-9-21(15-24)27(42)41-19-28(18-20-7-2-1-3-8-20,22-10-5-13-25(16-22)43-30(35,36)37)23-11-6-14-26(17-23)44-31(38,39)40/h1-17H,18-19H2,(H,41,42). The maximum atomic E-state index is 13.3. The van der Waals surface area contributed by atoms with Gasteiger partial charge < -0.3 is 14.8 Å². The van der Waals surface area contributed by atoms with E-state index < -0.39 is 53.8 Å². The summed E-state index contributed by atoms with van der Waals surface area (Å²) in [7, 11) is 0. The van der Waals surface area contributed by atoms with Crippen molar-refractivity contribution in [2.24, 2.45) is 0 Å². The number of halogens is 9. The van der Waals surface area contributed by atoms with Crippen LogP contribution in [-0.4, -0.2) is 25.2 Å². The first kappa shape index (κ1) is 32.2. The summed E-state index contributed by atoms with van der Waals surface area (Å²) >= 11 is 0. The molecule has 0 radical (unpaired) electrons. The molecule has 4 aromatic carbocycles. The molecule has 0 bridgehead atoms. The minimum Gasteiger partial charge on any atom is -0.406 e. The van der Waals surface area contributed by atoms with Gasteiger partial charge in [-0.3, -0.25) is 4.79 Å². The Labute approximate surface area is 245 Å². The van der Waals surface area contributed by atoms with Gasteiger partial charge in [0, 0.05) is 17.5 Å². The molecule has 1 N–H and O–H groups in total. The number of carbonyl (C=O) groups excluding carboxylic acids is 1. The Balaban J connectivity index is 1.87. The number of hydrogen-bond acceptors (Lipinski definition) is 3. The summed E-state index contributed by atoms with van der Waals surface area (Å²) in [5.41, 5.74) is -2.28. The SMILES string of the molecule is O=C(NCC(Cc1ccccc1)(c1cccc(OC(F)(F)F)c1)c1cccc(OC(F)(F)F)c1)c1cccc(C(F)(F)F)c1. The molecule has 0 fully saturated rings. The molecule has 13 heteroatoms. The van der Waals surface area contributed by atoms with Crippen LogP contribution in [0.5, 0.6) is 11.5 Å². The third kappa shape index (κ3) is 8.45. The van der Waals surface area contributed by atoms with Crippen molar-refractivity contribution < 1.29 is 53.8 Å². The van der Waals surface area contributed by atoms with E-state index in [2.05, 4.69) is 14.8 Å². The van der Waals surface area contributed by atoms with Gasteiger partial charge >= 0.3 is 18.9 Å². The van der Waals surface area contributed by atoms with Crippen LogP contribution in [0, 0.1) is 0 Å². The summed E-state index contributed by atoms with van der Waals surface area (Å²) in [4.78, 5) is 13.2. The summed E-state index contributed by atoms with van der Waals surface area (Å²) in [6.45, 7) is -0.470. The Kier molecular flexibility index (Phi) is 9.17. The van der Waals surface area contributed by atoms with Crippen molar-refractivity contribution >= 4 is 5.91 Å². The summed E-state index contributed by atoms with van der Waals surface area (Å²) in [6, 6.07) is 21.3. The predicted molar refractivity (Wildman–Crippen MR) is 141 cm³/mol. The van der Waals surface area contributed by atoms with Gasteiger partial charge in [0.25, 0.3) is 5.91 Å². The number of carbonyl (C=O) groups is 1. The van der Waals surface area contributed by atoms with Crippen molar-refractivity contribution in [3.05, 3.63) is 131 Å². The normalized spacial score (nSPS) is 12.5. The smallest absolute Gasteiger partial charge is 0.406 e. The maximum Gasteiger partial charge on any atom is 0.573 e. The zero-order valence-electron chi connectivity index (χ0n) is 22.4. The molecule has 0 atom stereocenters. The summed E-state index contributed by atoms with van der Waals surface area (Å²) in [6.07, 6.45) is -15.0. The van der Waals surface area contributed by atoms with Crippen LogP contribution >= 0.6 is 0 Å². The van der Waals surface area contributed by atoms with E-state index in [-0.39, 0.29) is 23.1 Å². The maximum absolute atomic E-state index is 13.3. The Morgan fingerprint density at radius 1 is 0.591 bits per heavy atom. The van der Waals surface area contributed by atoms with Gasteiger partial charge in [0.2, 0.25) is 0 Å². The molecule has 0 aliphatic carbocycles. The highest BCUT2D eigenvalue weighted by Crippen LogP contribution is 2.40. The van der Waals surface area contributed by atoms with Crippen molar-refractivity contribution in [3.8, 4) is 11.5 Å². The van der Waals surface area contributed by atoms with Crippen LogP contribution in [0.1, 0.15) is 32.6 Å². The zero-order valence-corrected chi connectivity index (χ0v) is 22.4. The fourth-order valence-electron chi connectivity index (χ4n) is 4.73. The van der Waals surface area contributed by atoms with E-state index in [1.807, 2.05) is 0 Å². The Hall–Kier alpha value is -4.68. The molecule has 1 amide bonds. The fourth-order valence-corrected chi connectivity index (χ4v) is 4.73. The molecular weight excluding hydrogens is 605 g/mol. The molecule has 0 saturated heterocycles. The number of ether oxygens (including phenoxy) is 2. The van der Waals surface area contributed by atoms with Crippen LogP contribution in [-0.2, 0) is 18.0 Å². The number of alkyl halides is 9. The average Bonchev–Trinajstić information content (AvgIpc) is 2.94. The fraction of sp³-hybridized carbons (Fsp3) is 0.194. The number of nitrogens with one attached hydrogen (secondary N) is 1. The lowest BCUT2D eigenvalue weighted by atomic mass is 9.70. The van der Waals surface area contributed by atoms with Crippen molar-refractivity contribution in [1.82, 2.24) is 5.32 Å². The van der Waals surface area contributed by atoms with Crippen molar-refractivity contribution in [3.63, 3.8) is 0 Å². The van der Waals surface area contributed by atoms with Crippen LogP contribution in [0.4, 0.5) is 39.5 Å². The van der Waals surface area contributed by atoms with E-state index in [0.717, 1.165) is 42.5 Å². The monoisotopic (exact) mass is 627 g/mol. The Morgan fingerprint density at radius 3 is 1.59 bits per heavy atom. The lowest BCUT2D eigenvalue weighted by Gasteiger charge is -2.36. The molecule has 44 heavy (non-hydrogen) atoms. The van der Waals surface area contributed by atoms with Crippen LogP contribution in [0.15, 0.2) is 103 Å². The first-order valence-corrected chi connectivity index (χ1v) is 12.8. The third-order valence-corrected chi connectivity index (χ3v) is 6.59. The molecule has 4 rings (SSSR count). The largest absolute Gasteiger partial charge is 0.573 e. The molecule has 0 aromatic heterocycles. The summed E-state index contributed by atoms with van der Waals surface area (Å²) < 4.78 is 127. The second-order valence-electron chi connectivity index (χ2n) is 9.66. The van der Waals surface area contributed by atoms with Crippen LogP contribution < -0.4 is 14.8 Å². The number of amides is 1. The quantitative estimate of drug-likeness (QED) is 0.190. The van der Waals surface area contributed by atoms with Crippen LogP contribution in [0.2, 0.25) is 0 Å². The summed E-state index contributed by atoms with van der Waals surface area (Å²) in [5, 5.41) is 2.54. The third-order valence-electron chi connectivity index (χ3n) is 6.59. The Morgan fingerprint density at radius 2 is 1.09 bits per heavy atom. The second-order valence-corrected chi connectivity index (χ2v) is 9.66. The lowest BCUT2D eigenvalue weighted by Crippen LogP contribution is -2.43. The van der Waals surface area contributed by atoms with Gasteiger partial charge in [-0.1, -0.05) is 60.7 Å². The van der Waals surface area contributed by atoms with Crippen molar-refractivity contribution in [1.29, 1.82) is 0 Å². The lowest BCUT2D eigenvalue weighted by molar-refractivity contribution is -0.275. The molecule has 232 valence electrons. The topological polar surface area (TPSA) is 47.6 Å².